The normalized spacial score (nSPS) is 11.6. The standard InChI is InChI=1S/C15H19NO2S2/c1-10-5-6-14(20(4,17)18)8-15(10)16-9-13-7-11(2)19-12(13)3/h5-8,16H,9H2,1-4H3. The summed E-state index contributed by atoms with van der Waals surface area (Å²) in [4.78, 5) is 2.94. The van der Waals surface area contributed by atoms with Gasteiger partial charge in [0.1, 0.15) is 0 Å². The van der Waals surface area contributed by atoms with Crippen molar-refractivity contribution >= 4 is 26.9 Å². The summed E-state index contributed by atoms with van der Waals surface area (Å²) in [5.41, 5.74) is 3.18. The second kappa shape index (κ2) is 5.58. The van der Waals surface area contributed by atoms with Gasteiger partial charge in [0.2, 0.25) is 0 Å². The Morgan fingerprint density at radius 3 is 2.40 bits per heavy atom. The molecule has 1 aromatic heterocycles. The molecule has 108 valence electrons. The van der Waals surface area contributed by atoms with Crippen LogP contribution in [0.25, 0.3) is 0 Å². The predicted octanol–water partition coefficient (Wildman–Crippen LogP) is 3.69. The van der Waals surface area contributed by atoms with E-state index < -0.39 is 9.84 Å². The fraction of sp³-hybridized carbons (Fsp3) is 0.333. The summed E-state index contributed by atoms with van der Waals surface area (Å²) in [7, 11) is -3.17. The molecule has 0 spiro atoms. The van der Waals surface area contributed by atoms with Gasteiger partial charge in [0.15, 0.2) is 9.84 Å². The fourth-order valence-corrected chi connectivity index (χ4v) is 3.67. The van der Waals surface area contributed by atoms with Crippen LogP contribution in [-0.4, -0.2) is 14.7 Å². The molecule has 0 aliphatic heterocycles. The number of anilines is 1. The molecule has 20 heavy (non-hydrogen) atoms. The molecule has 5 heteroatoms. The average molecular weight is 309 g/mol. The predicted molar refractivity (Wildman–Crippen MR) is 85.4 cm³/mol. The highest BCUT2D eigenvalue weighted by atomic mass is 32.2. The van der Waals surface area contributed by atoms with Crippen LogP contribution in [0, 0.1) is 20.8 Å². The summed E-state index contributed by atoms with van der Waals surface area (Å²) < 4.78 is 23.2. The topological polar surface area (TPSA) is 46.2 Å². The summed E-state index contributed by atoms with van der Waals surface area (Å²) in [6.07, 6.45) is 1.23. The van der Waals surface area contributed by atoms with E-state index in [2.05, 4.69) is 25.2 Å². The zero-order chi connectivity index (χ0) is 14.9. The van der Waals surface area contributed by atoms with E-state index in [1.807, 2.05) is 13.0 Å². The monoisotopic (exact) mass is 309 g/mol. The van der Waals surface area contributed by atoms with E-state index in [1.165, 1.54) is 21.6 Å². The third kappa shape index (κ3) is 3.41. The highest BCUT2D eigenvalue weighted by molar-refractivity contribution is 7.90. The molecular weight excluding hydrogens is 290 g/mol. The van der Waals surface area contributed by atoms with Gasteiger partial charge in [0.05, 0.1) is 4.90 Å². The molecule has 0 saturated heterocycles. The number of thiophene rings is 1. The van der Waals surface area contributed by atoms with Crippen LogP contribution in [0.5, 0.6) is 0 Å². The molecule has 0 radical (unpaired) electrons. The van der Waals surface area contributed by atoms with Gasteiger partial charge in [-0.15, -0.1) is 11.3 Å². The summed E-state index contributed by atoms with van der Waals surface area (Å²) in [6.45, 7) is 6.88. The van der Waals surface area contributed by atoms with Crippen molar-refractivity contribution in [2.24, 2.45) is 0 Å². The van der Waals surface area contributed by atoms with E-state index in [-0.39, 0.29) is 0 Å². The van der Waals surface area contributed by atoms with Gasteiger partial charge in [0.25, 0.3) is 0 Å². The van der Waals surface area contributed by atoms with Crippen LogP contribution in [0.1, 0.15) is 20.9 Å². The van der Waals surface area contributed by atoms with Gasteiger partial charge in [-0.2, -0.15) is 0 Å². The quantitative estimate of drug-likeness (QED) is 0.937. The molecule has 0 saturated carbocycles. The van der Waals surface area contributed by atoms with Crippen molar-refractivity contribution in [3.8, 4) is 0 Å². The Morgan fingerprint density at radius 1 is 1.15 bits per heavy atom. The van der Waals surface area contributed by atoms with Gasteiger partial charge < -0.3 is 5.32 Å². The molecule has 0 amide bonds. The van der Waals surface area contributed by atoms with Crippen LogP contribution in [0.15, 0.2) is 29.2 Å². The molecule has 0 aliphatic carbocycles. The Labute approximate surface area is 124 Å². The first-order valence-electron chi connectivity index (χ1n) is 6.38. The SMILES string of the molecule is Cc1cc(CNc2cc(S(C)(=O)=O)ccc2C)c(C)s1. The van der Waals surface area contributed by atoms with Crippen molar-refractivity contribution in [1.82, 2.24) is 0 Å². The average Bonchev–Trinajstić information content (AvgIpc) is 2.65. The Balaban J connectivity index is 2.23. The molecule has 2 aromatic rings. The number of nitrogens with one attached hydrogen (secondary N) is 1. The molecule has 2 rings (SSSR count). The van der Waals surface area contributed by atoms with Gasteiger partial charge in [-0.3, -0.25) is 0 Å². The number of sulfone groups is 1. The van der Waals surface area contributed by atoms with E-state index in [0.717, 1.165) is 11.3 Å². The van der Waals surface area contributed by atoms with Crippen LogP contribution >= 0.6 is 11.3 Å². The van der Waals surface area contributed by atoms with Gasteiger partial charge in [-0.25, -0.2) is 8.42 Å². The lowest BCUT2D eigenvalue weighted by atomic mass is 10.2. The molecule has 3 nitrogen and oxygen atoms in total. The summed E-state index contributed by atoms with van der Waals surface area (Å²) in [5.74, 6) is 0. The second-order valence-corrected chi connectivity index (χ2v) is 8.52. The number of hydrogen-bond donors (Lipinski definition) is 1. The van der Waals surface area contributed by atoms with Crippen molar-refractivity contribution in [3.63, 3.8) is 0 Å². The van der Waals surface area contributed by atoms with Gasteiger partial charge in [-0.1, -0.05) is 6.07 Å². The minimum Gasteiger partial charge on any atom is -0.381 e. The number of benzene rings is 1. The first-order valence-corrected chi connectivity index (χ1v) is 9.08. The van der Waals surface area contributed by atoms with Crippen LogP contribution in [0.4, 0.5) is 5.69 Å². The molecule has 1 aromatic carbocycles. The molecule has 0 bridgehead atoms. The highest BCUT2D eigenvalue weighted by Crippen LogP contribution is 2.24. The maximum Gasteiger partial charge on any atom is 0.175 e. The number of hydrogen-bond acceptors (Lipinski definition) is 4. The Morgan fingerprint density at radius 2 is 1.85 bits per heavy atom. The lowest BCUT2D eigenvalue weighted by molar-refractivity contribution is 0.602. The fourth-order valence-electron chi connectivity index (χ4n) is 2.07. The zero-order valence-electron chi connectivity index (χ0n) is 12.1. The van der Waals surface area contributed by atoms with Gasteiger partial charge in [0, 0.05) is 28.2 Å². The second-order valence-electron chi connectivity index (χ2n) is 5.04. The summed E-state index contributed by atoms with van der Waals surface area (Å²) in [5, 5.41) is 3.34. The van der Waals surface area contributed by atoms with Crippen molar-refractivity contribution in [2.45, 2.75) is 32.2 Å². The number of aryl methyl sites for hydroxylation is 3. The van der Waals surface area contributed by atoms with E-state index in [0.29, 0.717) is 11.4 Å². The minimum atomic E-state index is -3.17. The smallest absolute Gasteiger partial charge is 0.175 e. The zero-order valence-corrected chi connectivity index (χ0v) is 13.8. The first kappa shape index (κ1) is 15.1. The van der Waals surface area contributed by atoms with Crippen LogP contribution in [-0.2, 0) is 16.4 Å². The van der Waals surface area contributed by atoms with Crippen molar-refractivity contribution in [2.75, 3.05) is 11.6 Å². The largest absolute Gasteiger partial charge is 0.381 e. The maximum absolute atomic E-state index is 11.6. The molecule has 0 aliphatic rings. The van der Waals surface area contributed by atoms with E-state index in [4.69, 9.17) is 0 Å². The minimum absolute atomic E-state index is 0.351. The lowest BCUT2D eigenvalue weighted by Gasteiger charge is -2.11. The van der Waals surface area contributed by atoms with Gasteiger partial charge >= 0.3 is 0 Å². The third-order valence-corrected chi connectivity index (χ3v) is 5.37. The molecule has 0 fully saturated rings. The highest BCUT2D eigenvalue weighted by Gasteiger charge is 2.10. The molecule has 1 N–H and O–H groups in total. The lowest BCUT2D eigenvalue weighted by Crippen LogP contribution is -2.04. The number of rotatable bonds is 4. The summed E-state index contributed by atoms with van der Waals surface area (Å²) in [6, 6.07) is 7.36. The van der Waals surface area contributed by atoms with E-state index in [1.54, 1.807) is 23.5 Å². The summed E-state index contributed by atoms with van der Waals surface area (Å²) >= 11 is 1.78. The van der Waals surface area contributed by atoms with E-state index >= 15 is 0 Å². The molecule has 0 atom stereocenters. The van der Waals surface area contributed by atoms with Crippen LogP contribution in [0.3, 0.4) is 0 Å². The Kier molecular flexibility index (Phi) is 4.20. The van der Waals surface area contributed by atoms with E-state index in [9.17, 15) is 8.42 Å². The Hall–Kier alpha value is -1.33. The van der Waals surface area contributed by atoms with Gasteiger partial charge in [-0.05, 0) is 50.1 Å². The molecular formula is C15H19NO2S2. The van der Waals surface area contributed by atoms with Crippen molar-refractivity contribution in [3.05, 3.63) is 45.1 Å². The van der Waals surface area contributed by atoms with Crippen molar-refractivity contribution in [1.29, 1.82) is 0 Å². The molecule has 1 heterocycles. The van der Waals surface area contributed by atoms with Crippen LogP contribution in [0.2, 0.25) is 0 Å². The Bertz CT molecular complexity index is 730. The van der Waals surface area contributed by atoms with Crippen molar-refractivity contribution < 1.29 is 8.42 Å². The molecule has 0 unspecified atom stereocenters. The third-order valence-electron chi connectivity index (χ3n) is 3.25. The maximum atomic E-state index is 11.6. The first-order chi connectivity index (χ1) is 9.27. The van der Waals surface area contributed by atoms with Crippen LogP contribution < -0.4 is 5.32 Å².